The predicted molar refractivity (Wildman–Crippen MR) is 134 cm³/mol. The average Bonchev–Trinajstić information content (AvgIpc) is 2.77. The number of phenols is 1. The van der Waals surface area contributed by atoms with E-state index in [-0.39, 0.29) is 35.1 Å². The van der Waals surface area contributed by atoms with Gasteiger partial charge in [0.05, 0.1) is 24.2 Å². The van der Waals surface area contributed by atoms with Crippen LogP contribution in [0, 0.1) is 34.5 Å². The summed E-state index contributed by atoms with van der Waals surface area (Å²) in [7, 11) is 0. The SMILES string of the molecule is CC(C)[C@H]1C(O)[C@@H](C(N)=O)C(=O)[C@]2(O)C(O)[C@H]3C(=O)c4c(O)ccc(C=C(Cl)CO)c4C[C@]3(C)C[C@]12C. The van der Waals surface area contributed by atoms with Gasteiger partial charge < -0.3 is 31.3 Å². The van der Waals surface area contributed by atoms with Crippen molar-refractivity contribution in [3.05, 3.63) is 33.9 Å². The molecule has 0 radical (unpaired) electrons. The Balaban J connectivity index is 1.97. The van der Waals surface area contributed by atoms with Gasteiger partial charge in [0.25, 0.3) is 0 Å². The summed E-state index contributed by atoms with van der Waals surface area (Å²) in [4.78, 5) is 39.8. The highest BCUT2D eigenvalue weighted by Crippen LogP contribution is 2.65. The Hall–Kier alpha value is -2.30. The molecule has 7 N–H and O–H groups in total. The van der Waals surface area contributed by atoms with E-state index in [2.05, 4.69) is 0 Å². The molecule has 1 amide bonds. The summed E-state index contributed by atoms with van der Waals surface area (Å²) in [6.07, 6.45) is -1.70. The second kappa shape index (κ2) is 8.88. The summed E-state index contributed by atoms with van der Waals surface area (Å²) in [5.41, 5.74) is 1.40. The Morgan fingerprint density at radius 1 is 1.24 bits per heavy atom. The molecule has 3 aliphatic rings. The van der Waals surface area contributed by atoms with Gasteiger partial charge in [0.15, 0.2) is 17.2 Å². The molecule has 0 aliphatic heterocycles. The smallest absolute Gasteiger partial charge is 0.230 e. The van der Waals surface area contributed by atoms with Crippen LogP contribution in [0.15, 0.2) is 17.2 Å². The summed E-state index contributed by atoms with van der Waals surface area (Å²) in [5.74, 6) is -7.39. The fraction of sp³-hybridized carbons (Fsp3) is 0.593. The molecular weight excluding hydrogens is 502 g/mol. The van der Waals surface area contributed by atoms with Gasteiger partial charge in [0.2, 0.25) is 5.91 Å². The Bertz CT molecular complexity index is 1210. The van der Waals surface area contributed by atoms with Crippen LogP contribution in [-0.4, -0.2) is 67.4 Å². The highest BCUT2D eigenvalue weighted by Gasteiger charge is 2.75. The molecule has 0 heterocycles. The van der Waals surface area contributed by atoms with E-state index < -0.39 is 70.5 Å². The maximum atomic E-state index is 13.9. The maximum absolute atomic E-state index is 13.9. The van der Waals surface area contributed by atoms with Crippen LogP contribution in [0.25, 0.3) is 6.08 Å². The van der Waals surface area contributed by atoms with Gasteiger partial charge in [-0.1, -0.05) is 45.4 Å². The van der Waals surface area contributed by atoms with E-state index in [4.69, 9.17) is 17.3 Å². The number of hydrogen-bond acceptors (Lipinski definition) is 8. The van der Waals surface area contributed by atoms with Crippen molar-refractivity contribution in [2.75, 3.05) is 6.61 Å². The van der Waals surface area contributed by atoms with Crippen molar-refractivity contribution in [3.63, 3.8) is 0 Å². The van der Waals surface area contributed by atoms with Crippen molar-refractivity contribution in [1.82, 2.24) is 0 Å². The number of amides is 1. The summed E-state index contributed by atoms with van der Waals surface area (Å²) >= 11 is 6.06. The number of aromatic hydroxyl groups is 1. The molecule has 2 unspecified atom stereocenters. The van der Waals surface area contributed by atoms with Crippen LogP contribution in [-0.2, 0) is 16.0 Å². The van der Waals surface area contributed by atoms with Gasteiger partial charge in [-0.3, -0.25) is 14.4 Å². The number of benzene rings is 1. The number of aliphatic hydroxyl groups excluding tert-OH is 3. The second-order valence-corrected chi connectivity index (χ2v) is 12.2. The molecule has 0 bridgehead atoms. The number of aliphatic hydroxyl groups is 4. The number of rotatable bonds is 4. The molecule has 1 aromatic carbocycles. The first kappa shape index (κ1) is 27.7. The van der Waals surface area contributed by atoms with E-state index in [0.29, 0.717) is 11.1 Å². The molecule has 8 atom stereocenters. The number of primary amides is 1. The lowest BCUT2D eigenvalue weighted by Gasteiger charge is -2.66. The zero-order valence-electron chi connectivity index (χ0n) is 21.2. The largest absolute Gasteiger partial charge is 0.507 e. The van der Waals surface area contributed by atoms with Crippen molar-refractivity contribution in [1.29, 1.82) is 0 Å². The summed E-state index contributed by atoms with van der Waals surface area (Å²) in [5, 5.41) is 55.1. The number of ketones is 2. The topological polar surface area (TPSA) is 178 Å². The van der Waals surface area contributed by atoms with Crippen LogP contribution in [0.3, 0.4) is 0 Å². The third-order valence-corrected chi connectivity index (χ3v) is 9.39. The Labute approximate surface area is 219 Å². The monoisotopic (exact) mass is 535 g/mol. The Morgan fingerprint density at radius 3 is 2.41 bits per heavy atom. The first-order valence-electron chi connectivity index (χ1n) is 12.3. The van der Waals surface area contributed by atoms with Gasteiger partial charge in [0.1, 0.15) is 17.8 Å². The number of carbonyl (C=O) groups is 3. The predicted octanol–water partition coefficient (Wildman–Crippen LogP) is 1.14. The minimum absolute atomic E-state index is 0.0487. The van der Waals surface area contributed by atoms with E-state index in [1.54, 1.807) is 33.8 Å². The molecule has 202 valence electrons. The van der Waals surface area contributed by atoms with Gasteiger partial charge >= 0.3 is 0 Å². The molecule has 0 saturated heterocycles. The molecule has 1 aromatic rings. The normalized spacial score (nSPS) is 39.7. The standard InChI is InChI=1S/C27H34ClNO8/c1-11(2)18-21(33)17(24(29)36)22(34)27(37)23(35)19-20(32)16-14(8-25(19,3)10-26(18,27)4)12(5-6-15(16)31)7-13(28)9-30/h5-7,11,17-19,21,23,30-31,33,35,37H,8-10H2,1-4H3,(H2,29,36)/t17-,18+,19-,21?,23?,25-,26-,27+/m1/s1. The highest BCUT2D eigenvalue weighted by molar-refractivity contribution is 6.31. The zero-order chi connectivity index (χ0) is 27.8. The summed E-state index contributed by atoms with van der Waals surface area (Å²) in [6.45, 7) is 6.52. The second-order valence-electron chi connectivity index (χ2n) is 11.8. The molecule has 0 aromatic heterocycles. The quantitative estimate of drug-likeness (QED) is 0.311. The van der Waals surface area contributed by atoms with Gasteiger partial charge in [-0.05, 0) is 53.4 Å². The first-order valence-corrected chi connectivity index (χ1v) is 12.7. The first-order chi connectivity index (χ1) is 17.1. The number of carbonyl (C=O) groups excluding carboxylic acids is 3. The summed E-state index contributed by atoms with van der Waals surface area (Å²) < 4.78 is 0. The van der Waals surface area contributed by atoms with Crippen molar-refractivity contribution in [2.24, 2.45) is 40.2 Å². The van der Waals surface area contributed by atoms with E-state index in [9.17, 15) is 39.9 Å². The third kappa shape index (κ3) is 3.62. The summed E-state index contributed by atoms with van der Waals surface area (Å²) in [6, 6.07) is 2.88. The minimum Gasteiger partial charge on any atom is -0.507 e. The molecule has 2 saturated carbocycles. The van der Waals surface area contributed by atoms with E-state index in [1.165, 1.54) is 12.1 Å². The lowest BCUT2D eigenvalue weighted by atomic mass is 9.39. The number of fused-ring (bicyclic) bond motifs is 3. The van der Waals surface area contributed by atoms with Crippen LogP contribution in [0.5, 0.6) is 5.75 Å². The van der Waals surface area contributed by atoms with Crippen molar-refractivity contribution >= 4 is 35.2 Å². The fourth-order valence-corrected chi connectivity index (χ4v) is 8.02. The number of phenolic OH excluding ortho intramolecular Hbond substituents is 1. The van der Waals surface area contributed by atoms with Crippen molar-refractivity contribution in [3.8, 4) is 5.75 Å². The van der Waals surface area contributed by atoms with Crippen molar-refractivity contribution in [2.45, 2.75) is 58.3 Å². The number of Topliss-reactive ketones (excluding diaryl/α,β-unsaturated/α-hetero) is 2. The molecule has 0 spiro atoms. The van der Waals surface area contributed by atoms with E-state index >= 15 is 0 Å². The van der Waals surface area contributed by atoms with Gasteiger partial charge in [-0.15, -0.1) is 0 Å². The Kier molecular flexibility index (Phi) is 6.66. The van der Waals surface area contributed by atoms with Crippen LogP contribution in [0.4, 0.5) is 0 Å². The van der Waals surface area contributed by atoms with E-state index in [0.717, 1.165) is 0 Å². The number of halogens is 1. The molecule has 37 heavy (non-hydrogen) atoms. The molecule has 9 nitrogen and oxygen atoms in total. The number of nitrogens with two attached hydrogens (primary N) is 1. The fourth-order valence-electron chi connectivity index (χ4n) is 7.91. The molecule has 10 heteroatoms. The van der Waals surface area contributed by atoms with Crippen LogP contribution >= 0.6 is 11.6 Å². The number of hydrogen-bond donors (Lipinski definition) is 6. The lowest BCUT2D eigenvalue weighted by molar-refractivity contribution is -0.265. The van der Waals surface area contributed by atoms with Crippen molar-refractivity contribution < 1.29 is 39.9 Å². The Morgan fingerprint density at radius 2 is 1.86 bits per heavy atom. The lowest BCUT2D eigenvalue weighted by Crippen LogP contribution is -2.79. The van der Waals surface area contributed by atoms with Crippen LogP contribution in [0.1, 0.15) is 55.6 Å². The van der Waals surface area contributed by atoms with Crippen LogP contribution < -0.4 is 5.73 Å². The highest BCUT2D eigenvalue weighted by atomic mass is 35.5. The molecule has 2 fully saturated rings. The molecular formula is C27H34ClNO8. The van der Waals surface area contributed by atoms with E-state index in [1.807, 2.05) is 0 Å². The minimum atomic E-state index is -2.55. The third-order valence-electron chi connectivity index (χ3n) is 9.16. The zero-order valence-corrected chi connectivity index (χ0v) is 22.0. The molecule has 3 aliphatic carbocycles. The average molecular weight is 536 g/mol. The van der Waals surface area contributed by atoms with Gasteiger partial charge in [-0.25, -0.2) is 0 Å². The molecule has 4 rings (SSSR count). The maximum Gasteiger partial charge on any atom is 0.230 e. The van der Waals surface area contributed by atoms with Crippen LogP contribution in [0.2, 0.25) is 0 Å². The van der Waals surface area contributed by atoms with Gasteiger partial charge in [0, 0.05) is 10.4 Å². The van der Waals surface area contributed by atoms with Gasteiger partial charge in [-0.2, -0.15) is 0 Å².